The maximum Gasteiger partial charge on any atom is 0.0541 e. The maximum atomic E-state index is 3.83. The monoisotopic (exact) mass is 636 g/mol. The lowest BCUT2D eigenvalue weighted by molar-refractivity contribution is 1.18. The van der Waals surface area contributed by atoms with Crippen molar-refractivity contribution in [3.05, 3.63) is 188 Å². The van der Waals surface area contributed by atoms with E-state index in [0.717, 1.165) is 11.4 Å². The second-order valence-corrected chi connectivity index (χ2v) is 13.0. The molecule has 0 atom stereocenters. The molecule has 0 spiro atoms. The molecule has 1 aromatic heterocycles. The van der Waals surface area contributed by atoms with E-state index in [4.69, 9.17) is 0 Å². The Kier molecular flexibility index (Phi) is 6.53. The predicted molar refractivity (Wildman–Crippen MR) is 214 cm³/mol. The van der Waals surface area contributed by atoms with Gasteiger partial charge in [-0.3, -0.25) is 0 Å². The van der Waals surface area contributed by atoms with E-state index in [0.29, 0.717) is 0 Å². The van der Waals surface area contributed by atoms with Crippen LogP contribution in [0.1, 0.15) is 0 Å². The maximum absolute atomic E-state index is 3.83. The molecular formula is C48H32N2. The fourth-order valence-electron chi connectivity index (χ4n) is 7.84. The molecule has 0 amide bonds. The molecule has 1 heterocycles. The molecule has 0 fully saturated rings. The smallest absolute Gasteiger partial charge is 0.0541 e. The topological polar surface area (TPSA) is 17.0 Å². The Balaban J connectivity index is 1.11. The third-order valence-electron chi connectivity index (χ3n) is 10.1. The summed E-state index contributed by atoms with van der Waals surface area (Å²) in [6.07, 6.45) is 0. The quantitative estimate of drug-likeness (QED) is 0.186. The highest BCUT2D eigenvalue weighted by Crippen LogP contribution is 2.40. The molecule has 0 saturated carbocycles. The SMILES string of the molecule is c1ccc(-c2cc(-c3ccc4c(c3)c3ccccc3n4-c3ccccc3)ccc2Nc2ccc3c4ccccc4c4ccccc4c3c2)cc1. The van der Waals surface area contributed by atoms with Crippen molar-refractivity contribution in [1.82, 2.24) is 4.57 Å². The molecule has 0 bridgehead atoms. The van der Waals surface area contributed by atoms with Gasteiger partial charge >= 0.3 is 0 Å². The number of nitrogens with zero attached hydrogens (tertiary/aromatic N) is 1. The Hall–Kier alpha value is -6.64. The average Bonchev–Trinajstić information content (AvgIpc) is 3.52. The fourth-order valence-corrected chi connectivity index (χ4v) is 7.84. The Morgan fingerprint density at radius 2 is 0.860 bits per heavy atom. The van der Waals surface area contributed by atoms with Gasteiger partial charge in [0.1, 0.15) is 0 Å². The molecule has 2 nitrogen and oxygen atoms in total. The third kappa shape index (κ3) is 4.57. The minimum Gasteiger partial charge on any atom is -0.355 e. The van der Waals surface area contributed by atoms with E-state index < -0.39 is 0 Å². The molecular weight excluding hydrogens is 605 g/mol. The molecule has 9 aromatic carbocycles. The van der Waals surface area contributed by atoms with Gasteiger partial charge in [-0.15, -0.1) is 0 Å². The highest BCUT2D eigenvalue weighted by atomic mass is 15.0. The number of rotatable bonds is 5. The summed E-state index contributed by atoms with van der Waals surface area (Å²) >= 11 is 0. The van der Waals surface area contributed by atoms with Gasteiger partial charge in [-0.05, 0) is 104 Å². The van der Waals surface area contributed by atoms with Gasteiger partial charge in [0.2, 0.25) is 0 Å². The summed E-state index contributed by atoms with van der Waals surface area (Å²) in [5, 5.41) is 14.0. The van der Waals surface area contributed by atoms with E-state index in [1.165, 1.54) is 82.1 Å². The minimum absolute atomic E-state index is 1.07. The van der Waals surface area contributed by atoms with E-state index in [-0.39, 0.29) is 0 Å². The summed E-state index contributed by atoms with van der Waals surface area (Å²) in [6.45, 7) is 0. The molecule has 10 aromatic rings. The van der Waals surface area contributed by atoms with Crippen LogP contribution in [0.5, 0.6) is 0 Å². The summed E-state index contributed by atoms with van der Waals surface area (Å²) < 4.78 is 2.37. The zero-order chi connectivity index (χ0) is 33.0. The van der Waals surface area contributed by atoms with Crippen molar-refractivity contribution in [1.29, 1.82) is 0 Å². The van der Waals surface area contributed by atoms with Gasteiger partial charge in [0.15, 0.2) is 0 Å². The third-order valence-corrected chi connectivity index (χ3v) is 10.1. The first kappa shape index (κ1) is 28.4. The number of nitrogens with one attached hydrogen (secondary N) is 1. The first-order valence-corrected chi connectivity index (χ1v) is 17.2. The van der Waals surface area contributed by atoms with Crippen LogP contribution in [0.2, 0.25) is 0 Å². The lowest BCUT2D eigenvalue weighted by Crippen LogP contribution is -1.95. The molecule has 0 radical (unpaired) electrons. The van der Waals surface area contributed by atoms with Crippen molar-refractivity contribution in [3.8, 4) is 27.9 Å². The zero-order valence-electron chi connectivity index (χ0n) is 27.3. The highest BCUT2D eigenvalue weighted by molar-refractivity contribution is 6.25. The molecule has 0 aliphatic heterocycles. The molecule has 0 aliphatic rings. The average molecular weight is 637 g/mol. The summed E-state index contributed by atoms with van der Waals surface area (Å²) in [4.78, 5) is 0. The van der Waals surface area contributed by atoms with Crippen molar-refractivity contribution >= 4 is 65.5 Å². The van der Waals surface area contributed by atoms with Crippen LogP contribution in [-0.2, 0) is 0 Å². The molecule has 0 saturated heterocycles. The van der Waals surface area contributed by atoms with Crippen LogP contribution < -0.4 is 5.32 Å². The molecule has 1 N–H and O–H groups in total. The van der Waals surface area contributed by atoms with Crippen molar-refractivity contribution in [2.45, 2.75) is 0 Å². The van der Waals surface area contributed by atoms with E-state index in [2.05, 4.69) is 198 Å². The summed E-state index contributed by atoms with van der Waals surface area (Å²) in [5.41, 5.74) is 10.5. The van der Waals surface area contributed by atoms with Gasteiger partial charge in [0.05, 0.1) is 11.0 Å². The van der Waals surface area contributed by atoms with Crippen molar-refractivity contribution in [2.24, 2.45) is 0 Å². The number of hydrogen-bond acceptors (Lipinski definition) is 1. The Labute approximate surface area is 290 Å². The van der Waals surface area contributed by atoms with E-state index in [1.54, 1.807) is 0 Å². The second-order valence-electron chi connectivity index (χ2n) is 13.0. The van der Waals surface area contributed by atoms with Crippen molar-refractivity contribution in [2.75, 3.05) is 5.32 Å². The minimum atomic E-state index is 1.07. The number of anilines is 2. The summed E-state index contributed by atoms with van der Waals surface area (Å²) in [6, 6.07) is 68.0. The van der Waals surface area contributed by atoms with Crippen LogP contribution in [0.15, 0.2) is 188 Å². The first-order valence-electron chi connectivity index (χ1n) is 17.2. The van der Waals surface area contributed by atoms with E-state index >= 15 is 0 Å². The number of benzene rings is 9. The Morgan fingerprint density at radius 3 is 1.58 bits per heavy atom. The Morgan fingerprint density at radius 1 is 0.320 bits per heavy atom. The fraction of sp³-hybridized carbons (Fsp3) is 0. The lowest BCUT2D eigenvalue weighted by Gasteiger charge is -2.16. The predicted octanol–water partition coefficient (Wildman–Crippen LogP) is 13.3. The number of aromatic nitrogens is 1. The van der Waals surface area contributed by atoms with Gasteiger partial charge in [-0.1, -0.05) is 133 Å². The van der Waals surface area contributed by atoms with Crippen molar-refractivity contribution in [3.63, 3.8) is 0 Å². The van der Waals surface area contributed by atoms with Crippen LogP contribution in [0.4, 0.5) is 11.4 Å². The number of hydrogen-bond donors (Lipinski definition) is 1. The van der Waals surface area contributed by atoms with Crippen LogP contribution in [0, 0.1) is 0 Å². The van der Waals surface area contributed by atoms with E-state index in [9.17, 15) is 0 Å². The van der Waals surface area contributed by atoms with Gasteiger partial charge in [-0.25, -0.2) is 0 Å². The Bertz CT molecular complexity index is 2850. The standard InChI is InChI=1S/C48H32N2/c1-3-13-32(14-4-1)43-29-33(34-24-28-48-45(30-34)42-21-11-12-22-47(42)50(48)36-15-5-2-6-16-36)23-27-46(43)49-35-25-26-41-39-19-8-7-17-37(39)38-18-9-10-20-40(38)44(41)31-35/h1-31,49H. The first-order chi connectivity index (χ1) is 24.8. The summed E-state index contributed by atoms with van der Waals surface area (Å²) in [7, 11) is 0. The van der Waals surface area contributed by atoms with Crippen LogP contribution in [0.25, 0.3) is 82.1 Å². The number of para-hydroxylation sites is 2. The second kappa shape index (κ2) is 11.5. The van der Waals surface area contributed by atoms with Crippen LogP contribution in [0.3, 0.4) is 0 Å². The van der Waals surface area contributed by atoms with Gasteiger partial charge in [-0.2, -0.15) is 0 Å². The number of fused-ring (bicyclic) bond motifs is 9. The summed E-state index contributed by atoms with van der Waals surface area (Å²) in [5.74, 6) is 0. The zero-order valence-corrected chi connectivity index (χ0v) is 27.3. The van der Waals surface area contributed by atoms with Gasteiger partial charge in [0.25, 0.3) is 0 Å². The lowest BCUT2D eigenvalue weighted by atomic mass is 9.94. The van der Waals surface area contributed by atoms with Crippen molar-refractivity contribution < 1.29 is 0 Å². The highest BCUT2D eigenvalue weighted by Gasteiger charge is 2.15. The van der Waals surface area contributed by atoms with Crippen LogP contribution in [-0.4, -0.2) is 4.57 Å². The van der Waals surface area contributed by atoms with Crippen LogP contribution >= 0.6 is 0 Å². The molecule has 10 rings (SSSR count). The van der Waals surface area contributed by atoms with Gasteiger partial charge < -0.3 is 9.88 Å². The molecule has 234 valence electrons. The van der Waals surface area contributed by atoms with E-state index in [1.807, 2.05) is 0 Å². The normalized spacial score (nSPS) is 11.6. The molecule has 0 unspecified atom stereocenters. The molecule has 2 heteroatoms. The molecule has 50 heavy (non-hydrogen) atoms. The largest absolute Gasteiger partial charge is 0.355 e. The molecule has 0 aliphatic carbocycles. The van der Waals surface area contributed by atoms with Gasteiger partial charge in [0, 0.05) is 33.4 Å².